The van der Waals surface area contributed by atoms with Gasteiger partial charge in [0.15, 0.2) is 5.12 Å². The number of carbonyl (C=O) groups excluding carboxylic acids is 1. The fourth-order valence-corrected chi connectivity index (χ4v) is 2.37. The van der Waals surface area contributed by atoms with Crippen LogP contribution >= 0.6 is 11.8 Å². The van der Waals surface area contributed by atoms with E-state index in [9.17, 15) is 15.0 Å². The van der Waals surface area contributed by atoms with Gasteiger partial charge in [0, 0.05) is 12.7 Å². The van der Waals surface area contributed by atoms with Crippen molar-refractivity contribution in [1.82, 2.24) is 0 Å². The number of aryl methyl sites for hydroxylation is 1. The Hall–Kier alpha value is -1.04. The molecule has 106 valence electrons. The lowest BCUT2D eigenvalue weighted by molar-refractivity contribution is -0.109. The number of aliphatic hydroxyl groups is 2. The van der Waals surface area contributed by atoms with Crippen molar-refractivity contribution in [3.63, 3.8) is 0 Å². The molecule has 19 heavy (non-hydrogen) atoms. The summed E-state index contributed by atoms with van der Waals surface area (Å²) in [6.07, 6.45) is -1.50. The first kappa shape index (κ1) is 16.0. The third-order valence-electron chi connectivity index (χ3n) is 2.86. The lowest BCUT2D eigenvalue weighted by Crippen LogP contribution is -2.19. The van der Waals surface area contributed by atoms with Crippen molar-refractivity contribution >= 4 is 16.9 Å². The van der Waals surface area contributed by atoms with E-state index in [4.69, 9.17) is 4.74 Å². The van der Waals surface area contributed by atoms with E-state index >= 15 is 0 Å². The molecule has 1 aromatic rings. The summed E-state index contributed by atoms with van der Waals surface area (Å²) in [4.78, 5) is 10.8. The number of methoxy groups -OCH3 is 1. The van der Waals surface area contributed by atoms with Crippen molar-refractivity contribution in [1.29, 1.82) is 0 Å². The number of ether oxygens (including phenoxy) is 1. The summed E-state index contributed by atoms with van der Waals surface area (Å²) in [5.74, 6) is 1.18. The molecule has 1 rings (SSSR count). The molecule has 0 aliphatic heterocycles. The zero-order valence-corrected chi connectivity index (χ0v) is 12.2. The third kappa shape index (κ3) is 4.86. The quantitative estimate of drug-likeness (QED) is 0.837. The van der Waals surface area contributed by atoms with Gasteiger partial charge in [-0.25, -0.2) is 0 Å². The first-order valence-electron chi connectivity index (χ1n) is 6.09. The highest BCUT2D eigenvalue weighted by atomic mass is 32.2. The molecule has 2 N–H and O–H groups in total. The van der Waals surface area contributed by atoms with E-state index in [0.717, 1.165) is 17.3 Å². The highest BCUT2D eigenvalue weighted by Gasteiger charge is 2.19. The maximum atomic E-state index is 10.8. The van der Waals surface area contributed by atoms with Crippen LogP contribution in [-0.4, -0.2) is 34.3 Å². The lowest BCUT2D eigenvalue weighted by atomic mass is 10.0. The van der Waals surface area contributed by atoms with Crippen molar-refractivity contribution in [3.8, 4) is 5.75 Å². The van der Waals surface area contributed by atoms with Crippen LogP contribution in [0.4, 0.5) is 0 Å². The van der Waals surface area contributed by atoms with Crippen LogP contribution in [0.3, 0.4) is 0 Å². The van der Waals surface area contributed by atoms with E-state index in [1.54, 1.807) is 19.2 Å². The molecule has 0 saturated heterocycles. The Bertz CT molecular complexity index is 433. The predicted octanol–water partition coefficient (Wildman–Crippen LogP) is 2.07. The molecular formula is C14H20O4S. The number of rotatable bonds is 6. The number of aliphatic hydroxyl groups excluding tert-OH is 2. The number of hydrogen-bond acceptors (Lipinski definition) is 5. The normalized spacial score (nSPS) is 13.9. The van der Waals surface area contributed by atoms with Crippen molar-refractivity contribution in [3.05, 3.63) is 29.3 Å². The van der Waals surface area contributed by atoms with Crippen LogP contribution in [0.15, 0.2) is 18.2 Å². The molecule has 0 aromatic heterocycles. The summed E-state index contributed by atoms with van der Waals surface area (Å²) in [5, 5.41) is 20.0. The molecular weight excluding hydrogens is 264 g/mol. The van der Waals surface area contributed by atoms with Crippen LogP contribution in [0, 0.1) is 6.92 Å². The van der Waals surface area contributed by atoms with Gasteiger partial charge < -0.3 is 14.9 Å². The summed E-state index contributed by atoms with van der Waals surface area (Å²) < 4.78 is 5.19. The molecule has 0 spiro atoms. The van der Waals surface area contributed by atoms with Crippen molar-refractivity contribution < 1.29 is 19.7 Å². The summed E-state index contributed by atoms with van der Waals surface area (Å²) in [7, 11) is 1.57. The van der Waals surface area contributed by atoms with Crippen LogP contribution in [0.2, 0.25) is 0 Å². The topological polar surface area (TPSA) is 66.8 Å². The standard InChI is InChI=1S/C14H20O4S/c1-9-4-5-11(8-13(9)18-3)14(17)12(16)6-7-19-10(2)15/h4-5,8,12,14,16-17H,6-7H2,1-3H3. The molecule has 2 atom stereocenters. The monoisotopic (exact) mass is 284 g/mol. The van der Waals surface area contributed by atoms with Gasteiger partial charge in [0.05, 0.1) is 13.2 Å². The summed E-state index contributed by atoms with van der Waals surface area (Å²) in [6, 6.07) is 5.33. The zero-order valence-electron chi connectivity index (χ0n) is 11.4. The first-order chi connectivity index (χ1) is 8.95. The van der Waals surface area contributed by atoms with Gasteiger partial charge in [0.1, 0.15) is 11.9 Å². The Morgan fingerprint density at radius 2 is 2.11 bits per heavy atom. The molecule has 0 radical (unpaired) electrons. The van der Waals surface area contributed by atoms with Crippen molar-refractivity contribution in [2.75, 3.05) is 12.9 Å². The molecule has 0 aliphatic rings. The lowest BCUT2D eigenvalue weighted by Gasteiger charge is -2.19. The van der Waals surface area contributed by atoms with Gasteiger partial charge >= 0.3 is 0 Å². The summed E-state index contributed by atoms with van der Waals surface area (Å²) in [6.45, 7) is 3.40. The highest BCUT2D eigenvalue weighted by molar-refractivity contribution is 8.13. The number of thioether (sulfide) groups is 1. The van der Waals surface area contributed by atoms with E-state index < -0.39 is 12.2 Å². The Kier molecular flexibility index (Phi) is 6.34. The maximum Gasteiger partial charge on any atom is 0.185 e. The Morgan fingerprint density at radius 3 is 2.68 bits per heavy atom. The van der Waals surface area contributed by atoms with E-state index in [-0.39, 0.29) is 5.12 Å². The molecule has 0 amide bonds. The van der Waals surface area contributed by atoms with Crippen LogP contribution in [0.25, 0.3) is 0 Å². The van der Waals surface area contributed by atoms with Crippen molar-refractivity contribution in [2.45, 2.75) is 32.5 Å². The third-order valence-corrected chi connectivity index (χ3v) is 3.70. The fraction of sp³-hybridized carbons (Fsp3) is 0.500. The van der Waals surface area contributed by atoms with Gasteiger partial charge in [0.25, 0.3) is 0 Å². The molecule has 0 heterocycles. The van der Waals surface area contributed by atoms with E-state index in [2.05, 4.69) is 0 Å². The van der Waals surface area contributed by atoms with Gasteiger partial charge in [-0.05, 0) is 30.5 Å². The Balaban J connectivity index is 2.65. The largest absolute Gasteiger partial charge is 0.496 e. The average molecular weight is 284 g/mol. The Labute approximate surface area is 117 Å². The van der Waals surface area contributed by atoms with Gasteiger partial charge in [-0.15, -0.1) is 0 Å². The van der Waals surface area contributed by atoms with Crippen LogP contribution < -0.4 is 4.74 Å². The van der Waals surface area contributed by atoms with Crippen LogP contribution in [-0.2, 0) is 4.79 Å². The van der Waals surface area contributed by atoms with Crippen molar-refractivity contribution in [2.24, 2.45) is 0 Å². The molecule has 1 aromatic carbocycles. The minimum atomic E-state index is -0.970. The van der Waals surface area contributed by atoms with Crippen LogP contribution in [0.5, 0.6) is 5.75 Å². The molecule has 0 saturated carbocycles. The summed E-state index contributed by atoms with van der Waals surface area (Å²) >= 11 is 1.15. The van der Waals surface area contributed by atoms with E-state index in [1.165, 1.54) is 6.92 Å². The molecule has 2 unspecified atom stereocenters. The van der Waals surface area contributed by atoms with E-state index in [0.29, 0.717) is 23.5 Å². The minimum Gasteiger partial charge on any atom is -0.496 e. The highest BCUT2D eigenvalue weighted by Crippen LogP contribution is 2.26. The van der Waals surface area contributed by atoms with Gasteiger partial charge in [-0.3, -0.25) is 4.79 Å². The zero-order chi connectivity index (χ0) is 14.4. The number of hydrogen-bond donors (Lipinski definition) is 2. The first-order valence-corrected chi connectivity index (χ1v) is 7.08. The molecule has 5 heteroatoms. The number of carbonyl (C=O) groups is 1. The summed E-state index contributed by atoms with van der Waals surface area (Å²) in [5.41, 5.74) is 1.59. The molecule has 0 aliphatic carbocycles. The molecule has 0 bridgehead atoms. The van der Waals surface area contributed by atoms with Crippen LogP contribution in [0.1, 0.15) is 30.6 Å². The second-order valence-electron chi connectivity index (χ2n) is 4.37. The minimum absolute atomic E-state index is 0.0127. The van der Waals surface area contributed by atoms with Gasteiger partial charge in [-0.1, -0.05) is 23.9 Å². The smallest absolute Gasteiger partial charge is 0.185 e. The van der Waals surface area contributed by atoms with Gasteiger partial charge in [0.2, 0.25) is 0 Å². The average Bonchev–Trinajstić information content (AvgIpc) is 2.38. The SMILES string of the molecule is COc1cc(C(O)C(O)CCSC(C)=O)ccc1C. The van der Waals surface area contributed by atoms with E-state index in [1.807, 2.05) is 13.0 Å². The second kappa shape index (κ2) is 7.53. The second-order valence-corrected chi connectivity index (χ2v) is 5.64. The number of benzene rings is 1. The predicted molar refractivity (Wildman–Crippen MR) is 76.5 cm³/mol. The van der Waals surface area contributed by atoms with Gasteiger partial charge in [-0.2, -0.15) is 0 Å². The fourth-order valence-electron chi connectivity index (χ4n) is 1.72. The maximum absolute atomic E-state index is 10.8. The Morgan fingerprint density at radius 1 is 1.42 bits per heavy atom. The molecule has 0 fully saturated rings. The molecule has 4 nitrogen and oxygen atoms in total.